The molecule has 1 heterocycles. The molecule has 0 bridgehead atoms. The summed E-state index contributed by atoms with van der Waals surface area (Å²) in [5.41, 5.74) is 3.77. The van der Waals surface area contributed by atoms with Crippen molar-refractivity contribution in [2.24, 2.45) is 0 Å². The highest BCUT2D eigenvalue weighted by molar-refractivity contribution is 5.62. The maximum absolute atomic E-state index is 4.19. The molecule has 1 aromatic heterocycles. The largest absolute Gasteiger partial charge is 0.341 e. The molecular formula is C20H20N2. The Labute approximate surface area is 132 Å². The fourth-order valence-electron chi connectivity index (χ4n) is 2.61. The van der Waals surface area contributed by atoms with Crippen molar-refractivity contribution in [2.75, 3.05) is 11.4 Å². The number of rotatable bonds is 6. The van der Waals surface area contributed by atoms with Crippen molar-refractivity contribution in [2.45, 2.75) is 12.8 Å². The van der Waals surface area contributed by atoms with Crippen LogP contribution in [0.1, 0.15) is 12.0 Å². The number of aryl methyl sites for hydroxylation is 1. The van der Waals surface area contributed by atoms with Crippen molar-refractivity contribution in [1.82, 2.24) is 4.98 Å². The van der Waals surface area contributed by atoms with Crippen LogP contribution in [0.2, 0.25) is 0 Å². The third kappa shape index (κ3) is 3.73. The lowest BCUT2D eigenvalue weighted by molar-refractivity contribution is 0.804. The first-order valence-electron chi connectivity index (χ1n) is 7.70. The van der Waals surface area contributed by atoms with Crippen LogP contribution in [0.4, 0.5) is 11.4 Å². The Balaban J connectivity index is 1.72. The SMILES string of the molecule is c1ccc(N(CCCc2cccnc2)c2ccccc2)cc1. The second kappa shape index (κ2) is 7.41. The molecule has 0 fully saturated rings. The third-order valence-corrected chi connectivity index (χ3v) is 3.71. The van der Waals surface area contributed by atoms with Crippen LogP contribution < -0.4 is 4.90 Å². The van der Waals surface area contributed by atoms with Gasteiger partial charge in [0.15, 0.2) is 0 Å². The Morgan fingerprint density at radius 1 is 0.727 bits per heavy atom. The van der Waals surface area contributed by atoms with Gasteiger partial charge in [-0.2, -0.15) is 0 Å². The normalized spacial score (nSPS) is 10.4. The zero-order valence-electron chi connectivity index (χ0n) is 12.6. The highest BCUT2D eigenvalue weighted by atomic mass is 15.1. The van der Waals surface area contributed by atoms with Crippen molar-refractivity contribution in [1.29, 1.82) is 0 Å². The van der Waals surface area contributed by atoms with Gasteiger partial charge in [0.1, 0.15) is 0 Å². The van der Waals surface area contributed by atoms with E-state index in [0.717, 1.165) is 19.4 Å². The van der Waals surface area contributed by atoms with Gasteiger partial charge in [-0.05, 0) is 48.7 Å². The summed E-state index contributed by atoms with van der Waals surface area (Å²) >= 11 is 0. The minimum Gasteiger partial charge on any atom is -0.341 e. The van der Waals surface area contributed by atoms with Crippen LogP contribution in [0.3, 0.4) is 0 Å². The van der Waals surface area contributed by atoms with E-state index in [0.29, 0.717) is 0 Å². The molecule has 0 saturated heterocycles. The Hall–Kier alpha value is -2.61. The molecule has 0 aliphatic carbocycles. The Morgan fingerprint density at radius 3 is 1.91 bits per heavy atom. The Morgan fingerprint density at radius 2 is 1.36 bits per heavy atom. The van der Waals surface area contributed by atoms with E-state index >= 15 is 0 Å². The second-order valence-electron chi connectivity index (χ2n) is 5.29. The molecule has 0 spiro atoms. The number of nitrogens with zero attached hydrogens (tertiary/aromatic N) is 2. The lowest BCUT2D eigenvalue weighted by Crippen LogP contribution is -2.18. The maximum atomic E-state index is 4.19. The number of benzene rings is 2. The molecule has 0 aliphatic heterocycles. The maximum Gasteiger partial charge on any atom is 0.0410 e. The zero-order chi connectivity index (χ0) is 15.0. The molecule has 22 heavy (non-hydrogen) atoms. The fraction of sp³-hybridized carbons (Fsp3) is 0.150. The van der Waals surface area contributed by atoms with E-state index in [1.54, 1.807) is 0 Å². The van der Waals surface area contributed by atoms with Gasteiger partial charge in [0, 0.05) is 30.3 Å². The zero-order valence-corrected chi connectivity index (χ0v) is 12.6. The minimum absolute atomic E-state index is 0.989. The monoisotopic (exact) mass is 288 g/mol. The summed E-state index contributed by atoms with van der Waals surface area (Å²) < 4.78 is 0. The molecule has 0 N–H and O–H groups in total. The average molecular weight is 288 g/mol. The molecular weight excluding hydrogens is 268 g/mol. The molecule has 0 atom stereocenters. The molecule has 3 rings (SSSR count). The minimum atomic E-state index is 0.989. The van der Waals surface area contributed by atoms with Crippen molar-refractivity contribution in [3.8, 4) is 0 Å². The van der Waals surface area contributed by atoms with E-state index in [4.69, 9.17) is 0 Å². The second-order valence-corrected chi connectivity index (χ2v) is 5.29. The van der Waals surface area contributed by atoms with Crippen LogP contribution in [-0.2, 0) is 6.42 Å². The third-order valence-electron chi connectivity index (χ3n) is 3.71. The van der Waals surface area contributed by atoms with E-state index in [1.165, 1.54) is 16.9 Å². The molecule has 2 heteroatoms. The smallest absolute Gasteiger partial charge is 0.0410 e. The van der Waals surface area contributed by atoms with Gasteiger partial charge in [-0.3, -0.25) is 4.98 Å². The van der Waals surface area contributed by atoms with Gasteiger partial charge in [0.25, 0.3) is 0 Å². The summed E-state index contributed by atoms with van der Waals surface area (Å²) in [4.78, 5) is 6.56. The lowest BCUT2D eigenvalue weighted by Gasteiger charge is -2.25. The quantitative estimate of drug-likeness (QED) is 0.644. The number of para-hydroxylation sites is 2. The summed E-state index contributed by atoms with van der Waals surface area (Å²) in [6.07, 6.45) is 5.92. The Bertz CT molecular complexity index is 626. The number of hydrogen-bond donors (Lipinski definition) is 0. The first-order chi connectivity index (χ1) is 10.9. The number of pyridine rings is 1. The summed E-state index contributed by atoms with van der Waals surface area (Å²) in [5.74, 6) is 0. The van der Waals surface area contributed by atoms with Gasteiger partial charge in [0.2, 0.25) is 0 Å². The fourth-order valence-corrected chi connectivity index (χ4v) is 2.61. The summed E-state index contributed by atoms with van der Waals surface area (Å²) in [6.45, 7) is 0.989. The molecule has 2 nitrogen and oxygen atoms in total. The molecule has 0 unspecified atom stereocenters. The lowest BCUT2D eigenvalue weighted by atomic mass is 10.1. The average Bonchev–Trinajstić information content (AvgIpc) is 2.61. The van der Waals surface area contributed by atoms with Gasteiger partial charge in [-0.1, -0.05) is 42.5 Å². The summed E-state index contributed by atoms with van der Waals surface area (Å²) in [5, 5.41) is 0. The van der Waals surface area contributed by atoms with Crippen LogP contribution in [0.15, 0.2) is 85.2 Å². The van der Waals surface area contributed by atoms with Crippen molar-refractivity contribution >= 4 is 11.4 Å². The Kier molecular flexibility index (Phi) is 4.83. The predicted molar refractivity (Wildman–Crippen MR) is 92.4 cm³/mol. The number of anilines is 2. The summed E-state index contributed by atoms with van der Waals surface area (Å²) in [7, 11) is 0. The van der Waals surface area contributed by atoms with E-state index in [1.807, 2.05) is 18.5 Å². The van der Waals surface area contributed by atoms with Crippen molar-refractivity contribution in [3.05, 3.63) is 90.8 Å². The van der Waals surface area contributed by atoms with E-state index in [2.05, 4.69) is 76.6 Å². The first-order valence-corrected chi connectivity index (χ1v) is 7.70. The van der Waals surface area contributed by atoms with Gasteiger partial charge in [-0.25, -0.2) is 0 Å². The molecule has 0 saturated carbocycles. The van der Waals surface area contributed by atoms with Crippen LogP contribution in [0, 0.1) is 0 Å². The van der Waals surface area contributed by atoms with E-state index in [-0.39, 0.29) is 0 Å². The van der Waals surface area contributed by atoms with Crippen molar-refractivity contribution < 1.29 is 0 Å². The molecule has 0 aliphatic rings. The predicted octanol–water partition coefficient (Wildman–Crippen LogP) is 4.85. The van der Waals surface area contributed by atoms with Crippen LogP contribution in [-0.4, -0.2) is 11.5 Å². The number of hydrogen-bond acceptors (Lipinski definition) is 2. The molecule has 3 aromatic rings. The topological polar surface area (TPSA) is 16.1 Å². The van der Waals surface area contributed by atoms with E-state index < -0.39 is 0 Å². The first kappa shape index (κ1) is 14.3. The van der Waals surface area contributed by atoms with Crippen LogP contribution in [0.25, 0.3) is 0 Å². The van der Waals surface area contributed by atoms with Crippen LogP contribution in [0.5, 0.6) is 0 Å². The van der Waals surface area contributed by atoms with Gasteiger partial charge in [0.05, 0.1) is 0 Å². The number of aromatic nitrogens is 1. The highest BCUT2D eigenvalue weighted by Gasteiger charge is 2.08. The van der Waals surface area contributed by atoms with Crippen LogP contribution >= 0.6 is 0 Å². The van der Waals surface area contributed by atoms with Gasteiger partial charge < -0.3 is 4.90 Å². The standard InChI is InChI=1S/C20H20N2/c1-3-11-19(12-4-1)22(20-13-5-2-6-14-20)16-8-10-18-9-7-15-21-17-18/h1-7,9,11-15,17H,8,10,16H2. The molecule has 0 radical (unpaired) electrons. The van der Waals surface area contributed by atoms with Gasteiger partial charge >= 0.3 is 0 Å². The highest BCUT2D eigenvalue weighted by Crippen LogP contribution is 2.25. The summed E-state index contributed by atoms with van der Waals surface area (Å²) in [6, 6.07) is 25.3. The molecule has 0 amide bonds. The molecule has 110 valence electrons. The van der Waals surface area contributed by atoms with Crippen molar-refractivity contribution in [3.63, 3.8) is 0 Å². The van der Waals surface area contributed by atoms with E-state index in [9.17, 15) is 0 Å². The molecule has 2 aromatic carbocycles. The van der Waals surface area contributed by atoms with Gasteiger partial charge in [-0.15, -0.1) is 0 Å².